The summed E-state index contributed by atoms with van der Waals surface area (Å²) in [6.45, 7) is 3.29. The molecule has 0 aliphatic rings. The zero-order chi connectivity index (χ0) is 22.7. The Balaban J connectivity index is 2.08. The lowest BCUT2D eigenvalue weighted by Gasteiger charge is -2.14. The van der Waals surface area contributed by atoms with E-state index >= 15 is 0 Å². The number of aryl methyl sites for hydroxylation is 2. The van der Waals surface area contributed by atoms with Crippen molar-refractivity contribution in [2.75, 3.05) is 19.0 Å². The summed E-state index contributed by atoms with van der Waals surface area (Å²) in [5.74, 6) is -0.886. The Hall–Kier alpha value is -3.95. The number of pyridine rings is 1. The topological polar surface area (TPSA) is 122 Å². The van der Waals surface area contributed by atoms with Gasteiger partial charge in [0.05, 0.1) is 30.4 Å². The Bertz CT molecular complexity index is 1290. The molecule has 0 spiro atoms. The van der Waals surface area contributed by atoms with Gasteiger partial charge in [-0.05, 0) is 32.0 Å². The molecule has 3 rings (SSSR count). The number of hydrogen-bond acceptors (Lipinski definition) is 7. The molecule has 0 aliphatic carbocycles. The van der Waals surface area contributed by atoms with Gasteiger partial charge >= 0.3 is 11.7 Å². The quantitative estimate of drug-likeness (QED) is 0.588. The van der Waals surface area contributed by atoms with Crippen LogP contribution >= 0.6 is 0 Å². The van der Waals surface area contributed by atoms with Crippen LogP contribution in [0.1, 0.15) is 23.0 Å². The van der Waals surface area contributed by atoms with Crippen molar-refractivity contribution in [3.63, 3.8) is 0 Å². The summed E-state index contributed by atoms with van der Waals surface area (Å²) >= 11 is 0. The summed E-state index contributed by atoms with van der Waals surface area (Å²) in [4.78, 5) is 55.0. The lowest BCUT2D eigenvalue weighted by molar-refractivity contribution is -0.116. The van der Waals surface area contributed by atoms with E-state index in [0.29, 0.717) is 23.7 Å². The molecule has 0 bridgehead atoms. The molecule has 3 aromatic rings. The second-order valence-electron chi connectivity index (χ2n) is 6.71. The average molecular weight is 426 g/mol. The van der Waals surface area contributed by atoms with Crippen LogP contribution in [-0.4, -0.2) is 39.7 Å². The molecule has 162 valence electrons. The first-order valence-corrected chi connectivity index (χ1v) is 9.49. The van der Waals surface area contributed by atoms with Gasteiger partial charge < -0.3 is 14.8 Å². The molecule has 10 nitrogen and oxygen atoms in total. The standard InChI is InChI=1S/C21H22N4O6/c1-5-31-15-9-7-6-8-14(15)23-16(26)11-25-19(27)17-13(20(28)30-4)10-12(2)22-18(17)24(3)21(25)29/h6-10H,5,11H2,1-4H3,(H,23,26). The van der Waals surface area contributed by atoms with Gasteiger partial charge in [-0.15, -0.1) is 0 Å². The largest absolute Gasteiger partial charge is 0.492 e. The van der Waals surface area contributed by atoms with E-state index in [0.717, 1.165) is 9.13 Å². The first kappa shape index (κ1) is 21.8. The molecule has 1 N–H and O–H groups in total. The third kappa shape index (κ3) is 4.18. The van der Waals surface area contributed by atoms with Crippen molar-refractivity contribution < 1.29 is 19.1 Å². The van der Waals surface area contributed by atoms with Crippen LogP contribution in [0.15, 0.2) is 39.9 Å². The monoisotopic (exact) mass is 426 g/mol. The number of aromatic nitrogens is 3. The normalized spacial score (nSPS) is 10.7. The number of rotatable bonds is 6. The highest BCUT2D eigenvalue weighted by Crippen LogP contribution is 2.23. The van der Waals surface area contributed by atoms with Crippen molar-refractivity contribution in [1.82, 2.24) is 14.1 Å². The number of nitrogens with one attached hydrogen (secondary N) is 1. The van der Waals surface area contributed by atoms with Gasteiger partial charge in [0, 0.05) is 12.7 Å². The van der Waals surface area contributed by atoms with Gasteiger partial charge in [-0.2, -0.15) is 0 Å². The molecule has 1 amide bonds. The highest BCUT2D eigenvalue weighted by molar-refractivity contribution is 6.02. The SMILES string of the molecule is CCOc1ccccc1NC(=O)Cn1c(=O)c2c(C(=O)OC)cc(C)nc2n(C)c1=O. The number of para-hydroxylation sites is 2. The molecule has 0 saturated heterocycles. The molecule has 10 heteroatoms. The fourth-order valence-corrected chi connectivity index (χ4v) is 3.20. The van der Waals surface area contributed by atoms with E-state index in [1.165, 1.54) is 20.2 Å². The summed E-state index contributed by atoms with van der Waals surface area (Å²) in [5, 5.41) is 2.55. The number of benzene rings is 1. The Labute approximate surface area is 177 Å². The van der Waals surface area contributed by atoms with E-state index in [2.05, 4.69) is 10.3 Å². The third-order valence-electron chi connectivity index (χ3n) is 4.59. The van der Waals surface area contributed by atoms with Crippen molar-refractivity contribution in [2.24, 2.45) is 7.05 Å². The summed E-state index contributed by atoms with van der Waals surface area (Å²) in [5.41, 5.74) is -0.688. The maximum absolute atomic E-state index is 13.1. The summed E-state index contributed by atoms with van der Waals surface area (Å²) in [6, 6.07) is 8.22. The molecule has 0 aliphatic heterocycles. The van der Waals surface area contributed by atoms with Crippen LogP contribution in [0.5, 0.6) is 5.75 Å². The number of anilines is 1. The number of nitrogens with zero attached hydrogens (tertiary/aromatic N) is 3. The second-order valence-corrected chi connectivity index (χ2v) is 6.71. The minimum Gasteiger partial charge on any atom is -0.492 e. The van der Waals surface area contributed by atoms with E-state index in [1.54, 1.807) is 31.2 Å². The average Bonchev–Trinajstić information content (AvgIpc) is 2.75. The van der Waals surface area contributed by atoms with Crippen molar-refractivity contribution >= 4 is 28.6 Å². The highest BCUT2D eigenvalue weighted by atomic mass is 16.5. The Kier molecular flexibility index (Phi) is 6.19. The molecular formula is C21H22N4O6. The lowest BCUT2D eigenvalue weighted by Crippen LogP contribution is -2.42. The molecule has 1 aromatic carbocycles. The van der Waals surface area contributed by atoms with Crippen LogP contribution in [0.2, 0.25) is 0 Å². The van der Waals surface area contributed by atoms with Crippen molar-refractivity contribution in [2.45, 2.75) is 20.4 Å². The minimum atomic E-state index is -0.806. The third-order valence-corrected chi connectivity index (χ3v) is 4.59. The molecule has 31 heavy (non-hydrogen) atoms. The van der Waals surface area contributed by atoms with Gasteiger partial charge in [-0.25, -0.2) is 14.6 Å². The van der Waals surface area contributed by atoms with Crippen LogP contribution in [0.25, 0.3) is 11.0 Å². The van der Waals surface area contributed by atoms with Crippen LogP contribution in [0.3, 0.4) is 0 Å². The minimum absolute atomic E-state index is 0.0264. The predicted octanol–water partition coefficient (Wildman–Crippen LogP) is 1.23. The first-order valence-electron chi connectivity index (χ1n) is 9.49. The molecule has 0 unspecified atom stereocenters. The maximum atomic E-state index is 13.1. The van der Waals surface area contributed by atoms with Gasteiger partial charge in [0.2, 0.25) is 5.91 Å². The second kappa shape index (κ2) is 8.82. The Morgan fingerprint density at radius 1 is 1.19 bits per heavy atom. The number of fused-ring (bicyclic) bond motifs is 1. The van der Waals surface area contributed by atoms with Crippen molar-refractivity contribution in [3.8, 4) is 5.75 Å². The molecule has 0 atom stereocenters. The Morgan fingerprint density at radius 2 is 1.90 bits per heavy atom. The van der Waals surface area contributed by atoms with Gasteiger partial charge in [0.25, 0.3) is 5.56 Å². The van der Waals surface area contributed by atoms with Crippen LogP contribution in [0.4, 0.5) is 5.69 Å². The first-order chi connectivity index (χ1) is 14.8. The van der Waals surface area contributed by atoms with E-state index in [4.69, 9.17) is 9.47 Å². The van der Waals surface area contributed by atoms with E-state index < -0.39 is 29.7 Å². The van der Waals surface area contributed by atoms with Crippen molar-refractivity contribution in [1.29, 1.82) is 0 Å². The van der Waals surface area contributed by atoms with Crippen LogP contribution in [-0.2, 0) is 23.1 Å². The van der Waals surface area contributed by atoms with Gasteiger partial charge in [0.1, 0.15) is 17.9 Å². The number of hydrogen-bond donors (Lipinski definition) is 1. The van der Waals surface area contributed by atoms with Gasteiger partial charge in [-0.3, -0.25) is 18.7 Å². The number of amides is 1. The zero-order valence-corrected chi connectivity index (χ0v) is 17.6. The van der Waals surface area contributed by atoms with E-state index in [9.17, 15) is 19.2 Å². The zero-order valence-electron chi connectivity index (χ0n) is 17.6. The van der Waals surface area contributed by atoms with Gasteiger partial charge in [0.15, 0.2) is 0 Å². The molecule has 0 fully saturated rings. The fraction of sp³-hybridized carbons (Fsp3) is 0.286. The lowest BCUT2D eigenvalue weighted by atomic mass is 10.1. The van der Waals surface area contributed by atoms with Crippen LogP contribution < -0.4 is 21.3 Å². The summed E-state index contributed by atoms with van der Waals surface area (Å²) in [7, 11) is 2.60. The molecule has 0 radical (unpaired) electrons. The molecular weight excluding hydrogens is 404 g/mol. The fourth-order valence-electron chi connectivity index (χ4n) is 3.20. The maximum Gasteiger partial charge on any atom is 0.338 e. The number of ether oxygens (including phenoxy) is 2. The highest BCUT2D eigenvalue weighted by Gasteiger charge is 2.22. The Morgan fingerprint density at radius 3 is 2.58 bits per heavy atom. The number of carbonyl (C=O) groups is 2. The van der Waals surface area contributed by atoms with E-state index in [1.807, 2.05) is 6.92 Å². The number of esters is 1. The molecule has 2 aromatic heterocycles. The van der Waals surface area contributed by atoms with Gasteiger partial charge in [-0.1, -0.05) is 12.1 Å². The number of carbonyl (C=O) groups excluding carboxylic acids is 2. The van der Waals surface area contributed by atoms with Crippen LogP contribution in [0, 0.1) is 6.92 Å². The molecule has 0 saturated carbocycles. The summed E-state index contributed by atoms with van der Waals surface area (Å²) < 4.78 is 12.1. The predicted molar refractivity (Wildman–Crippen MR) is 114 cm³/mol. The summed E-state index contributed by atoms with van der Waals surface area (Å²) in [6.07, 6.45) is 0. The van der Waals surface area contributed by atoms with E-state index in [-0.39, 0.29) is 16.6 Å². The molecule has 2 heterocycles. The van der Waals surface area contributed by atoms with Crippen molar-refractivity contribution in [3.05, 3.63) is 62.4 Å². The number of methoxy groups -OCH3 is 1. The smallest absolute Gasteiger partial charge is 0.338 e.